The molecular formula is C53H49GeIrN5S-2. The third-order valence-corrected chi connectivity index (χ3v) is 16.4. The van der Waals surface area contributed by atoms with Crippen LogP contribution in [-0.2, 0) is 31.9 Å². The summed E-state index contributed by atoms with van der Waals surface area (Å²) in [5.41, 5.74) is 11.9. The SMILES string of the molecule is CC(C)(C)c1ccc(-n2c(-c3[c-]ccc4c3sc3cc(C#N)ccc34)nc3ccccc32)c(-c2ccccc2)c1.CC(C)Cc1cc(-c2[c-]cncc2)nc[c]1[Ge]([CH3])([CH3])[CH3].[Ir]. The Morgan fingerprint density at radius 1 is 0.852 bits per heavy atom. The van der Waals surface area contributed by atoms with E-state index in [-0.39, 0.29) is 25.5 Å². The number of rotatable bonds is 7. The summed E-state index contributed by atoms with van der Waals surface area (Å²) >= 11 is -0.173. The van der Waals surface area contributed by atoms with Crippen LogP contribution in [0.3, 0.4) is 0 Å². The number of hydrogen-bond acceptors (Lipinski definition) is 5. The summed E-state index contributed by atoms with van der Waals surface area (Å²) in [5.74, 6) is 8.81. The number of benzene rings is 5. The fraction of sp³-hybridized carbons (Fsp3) is 0.208. The molecule has 0 aliphatic rings. The van der Waals surface area contributed by atoms with Gasteiger partial charge in [0.1, 0.15) is 0 Å². The minimum atomic E-state index is -1.87. The molecule has 4 aromatic heterocycles. The zero-order valence-corrected chi connectivity index (χ0v) is 41.3. The maximum Gasteiger partial charge on any atom is 0 e. The van der Waals surface area contributed by atoms with Crippen LogP contribution in [0.5, 0.6) is 0 Å². The first kappa shape index (κ1) is 43.8. The summed E-state index contributed by atoms with van der Waals surface area (Å²) in [7, 11) is 0. The Hall–Kier alpha value is -5.23. The topological polar surface area (TPSA) is 67.4 Å². The van der Waals surface area contributed by atoms with E-state index >= 15 is 0 Å². The van der Waals surface area contributed by atoms with Gasteiger partial charge < -0.3 is 4.57 Å². The van der Waals surface area contributed by atoms with Gasteiger partial charge in [0.25, 0.3) is 0 Å². The molecule has 0 fully saturated rings. The fourth-order valence-corrected chi connectivity index (χ4v) is 12.4. The summed E-state index contributed by atoms with van der Waals surface area (Å²) in [5, 5.41) is 11.8. The first-order valence-electron chi connectivity index (χ1n) is 20.6. The fourth-order valence-electron chi connectivity index (χ4n) is 7.86. The van der Waals surface area contributed by atoms with Crippen molar-refractivity contribution in [2.45, 2.75) is 63.7 Å². The molecule has 0 N–H and O–H groups in total. The molecule has 0 aliphatic heterocycles. The van der Waals surface area contributed by atoms with Crippen LogP contribution in [0, 0.1) is 29.4 Å². The quantitative estimate of drug-likeness (QED) is 0.118. The molecule has 0 bridgehead atoms. The molecule has 0 amide bonds. The molecule has 5 nitrogen and oxygen atoms in total. The van der Waals surface area contributed by atoms with Crippen LogP contribution < -0.4 is 4.40 Å². The van der Waals surface area contributed by atoms with Crippen molar-refractivity contribution in [2.75, 3.05) is 0 Å². The Morgan fingerprint density at radius 2 is 1.62 bits per heavy atom. The Balaban J connectivity index is 0.000000226. The van der Waals surface area contributed by atoms with Gasteiger partial charge in [-0.05, 0) is 63.0 Å². The second-order valence-corrected chi connectivity index (χ2v) is 29.5. The Bertz CT molecular complexity index is 3020. The second kappa shape index (κ2) is 18.0. The van der Waals surface area contributed by atoms with Crippen molar-refractivity contribution >= 4 is 60.2 Å². The van der Waals surface area contributed by atoms with Gasteiger partial charge >= 0.3 is 125 Å². The summed E-state index contributed by atoms with van der Waals surface area (Å²) in [6, 6.07) is 49.0. The molecule has 9 aromatic rings. The van der Waals surface area contributed by atoms with Gasteiger partial charge in [-0.3, -0.25) is 4.98 Å². The molecule has 8 heteroatoms. The number of nitriles is 1. The van der Waals surface area contributed by atoms with Crippen LogP contribution in [0.4, 0.5) is 0 Å². The van der Waals surface area contributed by atoms with E-state index in [1.807, 2.05) is 30.3 Å². The van der Waals surface area contributed by atoms with E-state index in [9.17, 15) is 5.26 Å². The van der Waals surface area contributed by atoms with Gasteiger partial charge in [-0.1, -0.05) is 86.3 Å². The molecule has 0 spiro atoms. The summed E-state index contributed by atoms with van der Waals surface area (Å²) in [6.07, 6.45) is 6.74. The van der Waals surface area contributed by atoms with Crippen LogP contribution in [0.25, 0.3) is 70.7 Å². The van der Waals surface area contributed by atoms with Crippen molar-refractivity contribution in [1.82, 2.24) is 19.5 Å². The van der Waals surface area contributed by atoms with E-state index in [0.29, 0.717) is 11.5 Å². The normalized spacial score (nSPS) is 11.7. The summed E-state index contributed by atoms with van der Waals surface area (Å²) < 4.78 is 6.03. The van der Waals surface area contributed by atoms with Gasteiger partial charge in [0.2, 0.25) is 0 Å². The molecule has 4 heterocycles. The van der Waals surface area contributed by atoms with Crippen molar-refractivity contribution in [3.8, 4) is 45.5 Å². The van der Waals surface area contributed by atoms with E-state index in [4.69, 9.17) is 4.98 Å². The first-order chi connectivity index (χ1) is 28.8. The van der Waals surface area contributed by atoms with Crippen LogP contribution in [0.1, 0.15) is 51.3 Å². The van der Waals surface area contributed by atoms with E-state index in [1.54, 1.807) is 23.7 Å². The second-order valence-electron chi connectivity index (χ2n) is 17.9. The maximum absolute atomic E-state index is 9.47. The largest absolute Gasteiger partial charge is 0 e. The van der Waals surface area contributed by atoms with Crippen molar-refractivity contribution in [3.63, 3.8) is 0 Å². The monoisotopic (exact) mass is 1050 g/mol. The molecule has 0 atom stereocenters. The van der Waals surface area contributed by atoms with Crippen LogP contribution in [0.2, 0.25) is 17.3 Å². The molecule has 0 saturated heterocycles. The van der Waals surface area contributed by atoms with Crippen molar-refractivity contribution in [3.05, 3.63) is 163 Å². The Kier molecular flexibility index (Phi) is 12.9. The van der Waals surface area contributed by atoms with Gasteiger partial charge in [-0.2, -0.15) is 16.6 Å². The average Bonchev–Trinajstić information content (AvgIpc) is 3.82. The summed E-state index contributed by atoms with van der Waals surface area (Å²) in [4.78, 5) is 13.9. The molecule has 0 unspecified atom stereocenters. The first-order valence-corrected chi connectivity index (χ1v) is 28.7. The van der Waals surface area contributed by atoms with Crippen LogP contribution in [0.15, 0.2) is 134 Å². The maximum atomic E-state index is 9.47. The number of imidazole rings is 1. The number of hydrogen-bond donors (Lipinski definition) is 0. The molecular weight excluding hydrogens is 1000 g/mol. The number of para-hydroxylation sites is 2. The zero-order chi connectivity index (χ0) is 42.2. The number of fused-ring (bicyclic) bond motifs is 4. The average molecular weight is 1050 g/mol. The van der Waals surface area contributed by atoms with Crippen molar-refractivity contribution in [2.24, 2.45) is 5.92 Å². The smallest absolute Gasteiger partial charge is 0 e. The van der Waals surface area contributed by atoms with Gasteiger partial charge in [0.05, 0.1) is 28.5 Å². The van der Waals surface area contributed by atoms with E-state index in [0.717, 1.165) is 66.0 Å². The van der Waals surface area contributed by atoms with Crippen molar-refractivity contribution < 1.29 is 20.1 Å². The molecule has 61 heavy (non-hydrogen) atoms. The molecule has 1 radical (unpaired) electrons. The molecule has 307 valence electrons. The van der Waals surface area contributed by atoms with E-state index < -0.39 is 13.3 Å². The minimum Gasteiger partial charge on any atom is 0 e. The molecule has 0 saturated carbocycles. The third-order valence-electron chi connectivity index (χ3n) is 10.9. The predicted octanol–water partition coefficient (Wildman–Crippen LogP) is 13.4. The van der Waals surface area contributed by atoms with Crippen molar-refractivity contribution in [1.29, 1.82) is 5.26 Å². The van der Waals surface area contributed by atoms with Gasteiger partial charge in [0, 0.05) is 36.1 Å². The Morgan fingerprint density at radius 3 is 2.33 bits per heavy atom. The predicted molar refractivity (Wildman–Crippen MR) is 255 cm³/mol. The molecule has 9 rings (SSSR count). The number of nitrogens with zero attached hydrogens (tertiary/aromatic N) is 5. The zero-order valence-electron chi connectivity index (χ0n) is 36.0. The van der Waals surface area contributed by atoms with E-state index in [2.05, 4.69) is 176 Å². The number of aromatic nitrogens is 4. The molecule has 0 aliphatic carbocycles. The van der Waals surface area contributed by atoms with Gasteiger partial charge in [-0.15, -0.1) is 18.2 Å². The van der Waals surface area contributed by atoms with Crippen LogP contribution >= 0.6 is 11.3 Å². The number of pyridine rings is 2. The van der Waals surface area contributed by atoms with E-state index in [1.165, 1.54) is 26.6 Å². The van der Waals surface area contributed by atoms with Gasteiger partial charge in [-0.25, -0.2) is 0 Å². The Labute approximate surface area is 380 Å². The van der Waals surface area contributed by atoms with Gasteiger partial charge in [0.15, 0.2) is 0 Å². The third kappa shape index (κ3) is 9.20. The van der Waals surface area contributed by atoms with Crippen LogP contribution in [-0.4, -0.2) is 32.8 Å². The number of thiophene rings is 1. The summed E-state index contributed by atoms with van der Waals surface area (Å²) in [6.45, 7) is 11.3. The standard InChI is InChI=1S/C36H26N3S.C17H23GeN2.Ir/c1-36(2,3)25-17-19-31(29(21-25)24-10-5-4-6-11-24)39-32-15-8-7-14-30(32)38-35(39)28-13-9-12-27-26-18-16-23(22-37)20-33(26)40-34(27)28;1-13(2)10-15-11-17(14-6-8-19-9-7-14)20-12-16(15)18(3,4)5;/h4-12,14-21H,1-3H3;6,8-9,11-13H,10H2,1-5H3;/q2*-1;. The minimum absolute atomic E-state index is 0. The molecule has 5 aromatic carbocycles.